The van der Waals surface area contributed by atoms with Gasteiger partial charge in [-0.05, 0) is 162 Å². The van der Waals surface area contributed by atoms with Gasteiger partial charge in [-0.3, -0.25) is 19.2 Å². The van der Waals surface area contributed by atoms with E-state index in [0.717, 1.165) is 37.2 Å². The van der Waals surface area contributed by atoms with Crippen molar-refractivity contribution in [3.63, 3.8) is 0 Å². The molecule has 88 heavy (non-hydrogen) atoms. The second-order valence-electron chi connectivity index (χ2n) is 22.8. The normalized spacial score (nSPS) is 23.5. The van der Waals surface area contributed by atoms with Crippen molar-refractivity contribution >= 4 is 65.9 Å². The van der Waals surface area contributed by atoms with Crippen molar-refractivity contribution in [3.05, 3.63) is 168 Å². The van der Waals surface area contributed by atoms with Crippen LogP contribution in [-0.4, -0.2) is 100.0 Å². The number of hydrogen-bond donors (Lipinski definition) is 0. The van der Waals surface area contributed by atoms with E-state index in [1.54, 1.807) is 14.2 Å². The van der Waals surface area contributed by atoms with Gasteiger partial charge >= 0.3 is 53.4 Å². The first kappa shape index (κ1) is 70.3. The molecular formula is C66H72BrNaO16S4. The predicted molar refractivity (Wildman–Crippen MR) is 322 cm³/mol. The van der Waals surface area contributed by atoms with E-state index in [0.29, 0.717) is 37.5 Å². The number of carbonyl (C=O) groups is 4. The molecule has 4 saturated carbocycles. The van der Waals surface area contributed by atoms with Crippen molar-refractivity contribution in [3.8, 4) is 11.5 Å². The quantitative estimate of drug-likeness (QED) is 0.0482. The van der Waals surface area contributed by atoms with Crippen LogP contribution in [0.15, 0.2) is 175 Å². The first-order valence-corrected chi connectivity index (χ1v) is 34.3. The maximum atomic E-state index is 11.8. The van der Waals surface area contributed by atoms with Crippen LogP contribution in [0, 0.1) is 63.2 Å². The van der Waals surface area contributed by atoms with Crippen LogP contribution in [0.3, 0.4) is 0 Å². The van der Waals surface area contributed by atoms with Crippen LogP contribution in [0.4, 0.5) is 0 Å². The third-order valence-corrected chi connectivity index (χ3v) is 22.0. The van der Waals surface area contributed by atoms with Crippen molar-refractivity contribution in [1.29, 1.82) is 0 Å². The van der Waals surface area contributed by atoms with Crippen molar-refractivity contribution in [1.82, 2.24) is 0 Å². The fourth-order valence-corrected chi connectivity index (χ4v) is 18.5. The summed E-state index contributed by atoms with van der Waals surface area (Å²) in [6.07, 6.45) is 3.60. The Bertz CT molecular complexity index is 3240. The Morgan fingerprint density at radius 1 is 0.466 bits per heavy atom. The van der Waals surface area contributed by atoms with Crippen LogP contribution in [0.25, 0.3) is 0 Å². The van der Waals surface area contributed by atoms with Crippen LogP contribution in [0.1, 0.15) is 73.6 Å². The number of hydrogen-bond acceptors (Lipinski definition) is 16. The second kappa shape index (κ2) is 31.2. The molecule has 6 aromatic rings. The van der Waals surface area contributed by atoms with Gasteiger partial charge in [0.1, 0.15) is 67.7 Å². The smallest absolute Gasteiger partial charge is 1.00 e. The number of benzene rings is 6. The van der Waals surface area contributed by atoms with Crippen LogP contribution in [-0.2, 0) is 80.2 Å². The van der Waals surface area contributed by atoms with Crippen LogP contribution in [0.5, 0.6) is 11.5 Å². The summed E-state index contributed by atoms with van der Waals surface area (Å²) in [6.45, 7) is 8.47. The molecule has 10 unspecified atom stereocenters. The molecule has 0 amide bonds. The minimum atomic E-state index is -4.65. The molecule has 8 fully saturated rings. The summed E-state index contributed by atoms with van der Waals surface area (Å²) in [5, 5.41) is 0. The molecule has 0 N–H and O–H groups in total. The average Bonchev–Trinajstić information content (AvgIpc) is 2.13. The van der Waals surface area contributed by atoms with E-state index < -0.39 is 68.1 Å². The first-order chi connectivity index (χ1) is 41.0. The SMILES string of the molecule is COc1c(C)cc([S+](c2ccccc2)c2ccccc2)cc1C.COc1c(C)cc([S+](c2ccccc2)c2ccccc2)cc1C.O=C(CS(=O)(=O)[O-])OC1C2CC3CC(C2)C(=O)OC1C3.O=C(CS(=O)(=O)[O-])OC1C2CC3CC(C2)C(=O)OC1C3.[Br-].[Na+]. The Hall–Kier alpha value is -5.20. The van der Waals surface area contributed by atoms with Crippen LogP contribution >= 0.6 is 0 Å². The van der Waals surface area contributed by atoms with Crippen molar-refractivity contribution < 1.29 is 120 Å². The van der Waals surface area contributed by atoms with E-state index in [4.69, 9.17) is 28.4 Å². The maximum Gasteiger partial charge on any atom is 1.00 e. The molecule has 4 saturated heterocycles. The van der Waals surface area contributed by atoms with Gasteiger partial charge in [-0.15, -0.1) is 0 Å². The summed E-state index contributed by atoms with van der Waals surface area (Å²) in [5.74, 6) is -2.47. The number of fused-ring (bicyclic) bond motifs is 2. The number of methoxy groups -OCH3 is 2. The van der Waals surface area contributed by atoms with Gasteiger partial charge in [-0.25, -0.2) is 16.8 Å². The summed E-state index contributed by atoms with van der Waals surface area (Å²) >= 11 is 0. The van der Waals surface area contributed by atoms with E-state index in [-0.39, 0.29) is 104 Å². The van der Waals surface area contributed by atoms with Crippen molar-refractivity contribution in [2.45, 2.75) is 133 Å². The molecule has 6 aromatic carbocycles. The fraction of sp³-hybridized carbons (Fsp3) is 0.394. The molecular weight excluding hydrogens is 1280 g/mol. The van der Waals surface area contributed by atoms with Crippen molar-refractivity contribution in [2.75, 3.05) is 25.7 Å². The number of ether oxygens (including phenoxy) is 6. The Morgan fingerprint density at radius 3 is 1.01 bits per heavy atom. The van der Waals surface area contributed by atoms with Gasteiger partial charge in [0.15, 0.2) is 29.4 Å². The Labute approximate surface area is 554 Å². The zero-order chi connectivity index (χ0) is 61.5. The standard InChI is InChI=1S/2C21H21OS.2C12H16O7S.BrH.Na/c2*1-16-14-20(15-17(2)21(16)22-3)23(18-10-6-4-7-11-18)19-12-8-5-9-13-19;2*13-10(5-20(15,16)17)19-11-7-1-6-2-8(4-7)12(14)18-9(11)3-6;;/h2*4-15H,1-3H3;2*6-9,11H,1-5H2,(H,15,16,17);1H;/q2*+1;;;;+1/p-3. The third-order valence-electron chi connectivity index (χ3n) is 16.5. The maximum absolute atomic E-state index is 11.8. The molecule has 4 aliphatic carbocycles. The fourth-order valence-electron chi connectivity index (χ4n) is 13.3. The molecule has 0 aromatic heterocycles. The minimum Gasteiger partial charge on any atom is -1.00 e. The molecule has 10 atom stereocenters. The monoisotopic (exact) mass is 1350 g/mol. The Balaban J connectivity index is 0.000000166. The molecule has 8 aliphatic rings. The number of esters is 4. The molecule has 14 rings (SSSR count). The van der Waals surface area contributed by atoms with E-state index >= 15 is 0 Å². The molecule has 22 heteroatoms. The van der Waals surface area contributed by atoms with Gasteiger partial charge in [-0.1, -0.05) is 72.8 Å². The molecule has 16 nitrogen and oxygen atoms in total. The molecule has 0 spiro atoms. The Kier molecular flexibility index (Phi) is 24.9. The van der Waals surface area contributed by atoms with Gasteiger partial charge in [0.25, 0.3) is 0 Å². The summed E-state index contributed by atoms with van der Waals surface area (Å²) in [7, 11) is -6.03. The number of carbonyl (C=O) groups excluding carboxylic acids is 4. The average molecular weight is 1350 g/mol. The van der Waals surface area contributed by atoms with E-state index in [9.17, 15) is 45.1 Å². The predicted octanol–water partition coefficient (Wildman–Crippen LogP) is 4.43. The first-order valence-electron chi connectivity index (χ1n) is 28.7. The summed E-state index contributed by atoms with van der Waals surface area (Å²) < 4.78 is 95.4. The number of aryl methyl sites for hydroxylation is 4. The van der Waals surface area contributed by atoms with Crippen LogP contribution in [0.2, 0.25) is 0 Å². The third kappa shape index (κ3) is 18.1. The largest absolute Gasteiger partial charge is 1.00 e. The minimum absolute atomic E-state index is 0. The zero-order valence-corrected chi connectivity index (χ0v) is 57.1. The summed E-state index contributed by atoms with van der Waals surface area (Å²) in [6, 6.07) is 51.9. The van der Waals surface area contributed by atoms with E-state index in [1.165, 1.54) is 51.6 Å². The Morgan fingerprint density at radius 2 is 0.750 bits per heavy atom. The second-order valence-corrected chi connectivity index (χ2v) is 29.7. The van der Waals surface area contributed by atoms with Gasteiger partial charge in [0.2, 0.25) is 0 Å². The van der Waals surface area contributed by atoms with Crippen molar-refractivity contribution in [2.24, 2.45) is 35.5 Å². The van der Waals surface area contributed by atoms with Gasteiger partial charge in [0.05, 0.1) is 47.8 Å². The molecule has 4 heterocycles. The van der Waals surface area contributed by atoms with E-state index in [1.807, 2.05) is 0 Å². The summed E-state index contributed by atoms with van der Waals surface area (Å²) in [4.78, 5) is 54.6. The van der Waals surface area contributed by atoms with Gasteiger partial charge in [-0.2, -0.15) is 0 Å². The zero-order valence-electron chi connectivity index (χ0n) is 50.2. The topological polar surface area (TPSA) is 238 Å². The van der Waals surface area contributed by atoms with E-state index in [2.05, 4.69) is 173 Å². The number of halogens is 1. The number of rotatable bonds is 14. The molecule has 8 bridgehead atoms. The van der Waals surface area contributed by atoms with Crippen LogP contribution < -0.4 is 56.0 Å². The molecule has 4 aliphatic heterocycles. The van der Waals surface area contributed by atoms with Gasteiger partial charge in [0, 0.05) is 36.1 Å². The summed E-state index contributed by atoms with van der Waals surface area (Å²) in [5.41, 5.74) is 4.75. The molecule has 464 valence electrons. The molecule has 0 radical (unpaired) electrons. The van der Waals surface area contributed by atoms with Gasteiger partial charge < -0.3 is 54.5 Å².